The van der Waals surface area contributed by atoms with Crippen LogP contribution in [0.2, 0.25) is 0 Å². The first-order valence-electron chi connectivity index (χ1n) is 6.61. The van der Waals surface area contributed by atoms with E-state index in [1.165, 1.54) is 6.42 Å². The lowest BCUT2D eigenvalue weighted by Gasteiger charge is -2.33. The van der Waals surface area contributed by atoms with Gasteiger partial charge in [-0.05, 0) is 45.8 Å². The second kappa shape index (κ2) is 7.33. The van der Waals surface area contributed by atoms with Crippen LogP contribution in [0.5, 0.6) is 0 Å². The second-order valence-electron chi connectivity index (χ2n) is 4.86. The van der Waals surface area contributed by atoms with Crippen LogP contribution in [0.15, 0.2) is 0 Å². The van der Waals surface area contributed by atoms with Crippen molar-refractivity contribution in [3.63, 3.8) is 0 Å². The molecule has 0 radical (unpaired) electrons. The van der Waals surface area contributed by atoms with Crippen molar-refractivity contribution >= 4 is 11.9 Å². The first-order chi connectivity index (χ1) is 8.52. The zero-order chi connectivity index (χ0) is 13.5. The maximum Gasteiger partial charge on any atom is 0.318 e. The molecular formula is C12H24N4O2. The van der Waals surface area contributed by atoms with Gasteiger partial charge in [0.15, 0.2) is 0 Å². The molecule has 6 heteroatoms. The number of nitrogens with zero attached hydrogens (tertiary/aromatic N) is 1. The van der Waals surface area contributed by atoms with Crippen molar-refractivity contribution < 1.29 is 9.59 Å². The maximum absolute atomic E-state index is 11.5. The van der Waals surface area contributed by atoms with Crippen molar-refractivity contribution in [2.45, 2.75) is 45.2 Å². The van der Waals surface area contributed by atoms with Gasteiger partial charge in [-0.15, -0.1) is 0 Å². The molecule has 0 aromatic carbocycles. The molecular weight excluding hydrogens is 232 g/mol. The Morgan fingerprint density at radius 2 is 2.00 bits per heavy atom. The van der Waals surface area contributed by atoms with E-state index in [-0.39, 0.29) is 11.9 Å². The molecule has 0 bridgehead atoms. The molecule has 104 valence electrons. The standard InChI is InChI=1S/C12H24N4O2/c1-3-6-16-7-4-10(5-8-16)14-9(2)11(17)15-12(13)18/h9-10,14H,3-8H2,1-2H3,(H3,13,15,17,18). The number of hydrogen-bond acceptors (Lipinski definition) is 4. The van der Waals surface area contributed by atoms with Crippen LogP contribution in [0, 0.1) is 0 Å². The number of rotatable bonds is 5. The number of urea groups is 1. The van der Waals surface area contributed by atoms with E-state index in [1.807, 2.05) is 0 Å². The largest absolute Gasteiger partial charge is 0.351 e. The van der Waals surface area contributed by atoms with Gasteiger partial charge in [0.25, 0.3) is 0 Å². The zero-order valence-electron chi connectivity index (χ0n) is 11.2. The Morgan fingerprint density at radius 1 is 1.39 bits per heavy atom. The fourth-order valence-corrected chi connectivity index (χ4v) is 2.30. The van der Waals surface area contributed by atoms with Crippen LogP contribution in [0.25, 0.3) is 0 Å². The van der Waals surface area contributed by atoms with Crippen molar-refractivity contribution in [1.29, 1.82) is 0 Å². The molecule has 1 fully saturated rings. The van der Waals surface area contributed by atoms with Crippen molar-refractivity contribution in [2.24, 2.45) is 5.73 Å². The van der Waals surface area contributed by atoms with Crippen molar-refractivity contribution in [2.75, 3.05) is 19.6 Å². The molecule has 1 aliphatic rings. The summed E-state index contributed by atoms with van der Waals surface area (Å²) in [5.74, 6) is -0.363. The molecule has 3 amide bonds. The monoisotopic (exact) mass is 256 g/mol. The molecule has 0 spiro atoms. The molecule has 1 aliphatic heterocycles. The number of amides is 3. The Hall–Kier alpha value is -1.14. The topological polar surface area (TPSA) is 87.5 Å². The number of piperidine rings is 1. The quantitative estimate of drug-likeness (QED) is 0.648. The third-order valence-corrected chi connectivity index (χ3v) is 3.25. The second-order valence-corrected chi connectivity index (χ2v) is 4.86. The van der Waals surface area contributed by atoms with Crippen LogP contribution < -0.4 is 16.4 Å². The summed E-state index contributed by atoms with van der Waals surface area (Å²) < 4.78 is 0. The molecule has 0 aliphatic carbocycles. The predicted molar refractivity (Wildman–Crippen MR) is 70.1 cm³/mol. The van der Waals surface area contributed by atoms with Gasteiger partial charge in [0.05, 0.1) is 6.04 Å². The Kier molecular flexibility index (Phi) is 6.07. The summed E-state index contributed by atoms with van der Waals surface area (Å²) in [6, 6.07) is -0.849. The molecule has 1 atom stereocenters. The maximum atomic E-state index is 11.5. The Balaban J connectivity index is 2.27. The van der Waals surface area contributed by atoms with E-state index in [0.29, 0.717) is 6.04 Å². The van der Waals surface area contributed by atoms with Crippen molar-refractivity contribution in [3.05, 3.63) is 0 Å². The lowest BCUT2D eigenvalue weighted by molar-refractivity contribution is -0.121. The summed E-state index contributed by atoms with van der Waals surface area (Å²) in [4.78, 5) is 24.5. The van der Waals surface area contributed by atoms with E-state index < -0.39 is 6.03 Å². The molecule has 0 saturated carbocycles. The van der Waals surface area contributed by atoms with Gasteiger partial charge in [0.2, 0.25) is 5.91 Å². The molecule has 1 saturated heterocycles. The lowest BCUT2D eigenvalue weighted by atomic mass is 10.0. The van der Waals surface area contributed by atoms with Crippen LogP contribution in [0.3, 0.4) is 0 Å². The third kappa shape index (κ3) is 5.01. The number of imide groups is 1. The van der Waals surface area contributed by atoms with E-state index >= 15 is 0 Å². The Bertz CT molecular complexity index is 288. The summed E-state index contributed by atoms with van der Waals surface area (Å²) in [5, 5.41) is 5.33. The molecule has 1 unspecified atom stereocenters. The van der Waals surface area contributed by atoms with Gasteiger partial charge >= 0.3 is 6.03 Å². The number of hydrogen-bond donors (Lipinski definition) is 3. The van der Waals surface area contributed by atoms with Crippen LogP contribution in [0.4, 0.5) is 4.79 Å². The first kappa shape index (κ1) is 14.9. The summed E-state index contributed by atoms with van der Waals surface area (Å²) in [5.41, 5.74) is 4.91. The number of carbonyl (C=O) groups excluding carboxylic acids is 2. The smallest absolute Gasteiger partial charge is 0.318 e. The van der Waals surface area contributed by atoms with E-state index in [1.54, 1.807) is 6.92 Å². The van der Waals surface area contributed by atoms with Crippen LogP contribution >= 0.6 is 0 Å². The number of carbonyl (C=O) groups is 2. The number of nitrogens with one attached hydrogen (secondary N) is 2. The summed E-state index contributed by atoms with van der Waals surface area (Å²) in [6.07, 6.45) is 3.25. The molecule has 6 nitrogen and oxygen atoms in total. The van der Waals surface area contributed by atoms with E-state index in [4.69, 9.17) is 5.73 Å². The Morgan fingerprint density at radius 3 is 2.50 bits per heavy atom. The van der Waals surface area contributed by atoms with Crippen LogP contribution in [-0.2, 0) is 4.79 Å². The molecule has 0 aromatic rings. The third-order valence-electron chi connectivity index (χ3n) is 3.25. The first-order valence-corrected chi connectivity index (χ1v) is 6.61. The van der Waals surface area contributed by atoms with Gasteiger partial charge in [-0.1, -0.05) is 6.92 Å². The zero-order valence-corrected chi connectivity index (χ0v) is 11.2. The number of primary amides is 1. The average Bonchev–Trinajstić information content (AvgIpc) is 2.31. The van der Waals surface area contributed by atoms with Gasteiger partial charge in [-0.25, -0.2) is 4.79 Å². The van der Waals surface area contributed by atoms with Crippen molar-refractivity contribution in [3.8, 4) is 0 Å². The lowest BCUT2D eigenvalue weighted by Crippen LogP contribution is -2.52. The minimum Gasteiger partial charge on any atom is -0.351 e. The minimum absolute atomic E-state index is 0.340. The highest BCUT2D eigenvalue weighted by molar-refractivity contribution is 5.96. The van der Waals surface area contributed by atoms with Gasteiger partial charge in [0.1, 0.15) is 0 Å². The van der Waals surface area contributed by atoms with Gasteiger partial charge < -0.3 is 16.0 Å². The highest BCUT2D eigenvalue weighted by atomic mass is 16.2. The van der Waals surface area contributed by atoms with Gasteiger partial charge in [0, 0.05) is 6.04 Å². The number of likely N-dealkylation sites (tertiary alicyclic amines) is 1. The SMILES string of the molecule is CCCN1CCC(NC(C)C(=O)NC(N)=O)CC1. The van der Waals surface area contributed by atoms with E-state index in [2.05, 4.69) is 22.5 Å². The number of nitrogens with two attached hydrogens (primary N) is 1. The minimum atomic E-state index is -0.800. The predicted octanol–water partition coefficient (Wildman–Crippen LogP) is 0.0338. The molecule has 1 rings (SSSR count). The molecule has 0 aromatic heterocycles. The highest BCUT2D eigenvalue weighted by Gasteiger charge is 2.22. The van der Waals surface area contributed by atoms with Gasteiger partial charge in [-0.3, -0.25) is 10.1 Å². The average molecular weight is 256 g/mol. The van der Waals surface area contributed by atoms with Gasteiger partial charge in [-0.2, -0.15) is 0 Å². The summed E-state index contributed by atoms with van der Waals surface area (Å²) in [6.45, 7) is 7.20. The van der Waals surface area contributed by atoms with E-state index in [9.17, 15) is 9.59 Å². The van der Waals surface area contributed by atoms with Crippen LogP contribution in [-0.4, -0.2) is 48.6 Å². The fraction of sp³-hybridized carbons (Fsp3) is 0.833. The Labute approximate surface area is 108 Å². The fourth-order valence-electron chi connectivity index (χ4n) is 2.30. The molecule has 1 heterocycles. The molecule has 4 N–H and O–H groups in total. The molecule has 18 heavy (non-hydrogen) atoms. The van der Waals surface area contributed by atoms with Crippen molar-refractivity contribution in [1.82, 2.24) is 15.5 Å². The summed E-state index contributed by atoms with van der Waals surface area (Å²) in [7, 11) is 0. The summed E-state index contributed by atoms with van der Waals surface area (Å²) >= 11 is 0. The van der Waals surface area contributed by atoms with Crippen LogP contribution in [0.1, 0.15) is 33.1 Å². The van der Waals surface area contributed by atoms with E-state index in [0.717, 1.165) is 32.5 Å². The highest BCUT2D eigenvalue weighted by Crippen LogP contribution is 2.11. The normalized spacial score (nSPS) is 19.4.